The first kappa shape index (κ1) is 17.9. The Morgan fingerprint density at radius 2 is 2.12 bits per heavy atom. The molecule has 1 aromatic heterocycles. The molecule has 0 aliphatic carbocycles. The Morgan fingerprint density at radius 1 is 1.38 bits per heavy atom. The fraction of sp³-hybridized carbons (Fsp3) is 0.421. The Balaban J connectivity index is 2.63. The van der Waals surface area contributed by atoms with Gasteiger partial charge < -0.3 is 19.7 Å². The molecule has 2 N–H and O–H groups in total. The van der Waals surface area contributed by atoms with Crippen molar-refractivity contribution in [2.45, 2.75) is 40.2 Å². The van der Waals surface area contributed by atoms with E-state index in [2.05, 4.69) is 12.2 Å². The smallest absolute Gasteiger partial charge is 0.297 e. The zero-order valence-electron chi connectivity index (χ0n) is 14.8. The van der Waals surface area contributed by atoms with Crippen LogP contribution in [0.3, 0.4) is 0 Å². The molecule has 2 rings (SSSR count). The number of hydrogen-bond acceptors (Lipinski definition) is 4. The number of fused-ring (bicyclic) bond motifs is 1. The van der Waals surface area contributed by atoms with Crippen LogP contribution in [0, 0.1) is 0 Å². The van der Waals surface area contributed by atoms with E-state index in [1.165, 1.54) is 0 Å². The van der Waals surface area contributed by atoms with Gasteiger partial charge in [0.15, 0.2) is 5.75 Å². The third-order valence-corrected chi connectivity index (χ3v) is 3.94. The second-order valence-corrected chi connectivity index (χ2v) is 6.06. The minimum atomic E-state index is -0.406. The van der Waals surface area contributed by atoms with Gasteiger partial charge in [-0.2, -0.15) is 0 Å². The highest BCUT2D eigenvalue weighted by molar-refractivity contribution is 5.90. The monoisotopic (exact) mass is 330 g/mol. The van der Waals surface area contributed by atoms with Crippen LogP contribution in [0.25, 0.3) is 10.9 Å². The van der Waals surface area contributed by atoms with Gasteiger partial charge >= 0.3 is 0 Å². The molecular weight excluding hydrogens is 304 g/mol. The van der Waals surface area contributed by atoms with Crippen molar-refractivity contribution >= 4 is 16.6 Å². The minimum absolute atomic E-state index is 0.253. The molecule has 0 radical (unpaired) electrons. The maximum absolute atomic E-state index is 12.6. The summed E-state index contributed by atoms with van der Waals surface area (Å²) in [7, 11) is 1.84. The van der Waals surface area contributed by atoms with E-state index in [9.17, 15) is 9.90 Å². The zero-order valence-corrected chi connectivity index (χ0v) is 14.8. The van der Waals surface area contributed by atoms with Crippen LogP contribution in [0.1, 0.15) is 33.6 Å². The van der Waals surface area contributed by atoms with Gasteiger partial charge in [0.2, 0.25) is 5.75 Å². The molecule has 0 fully saturated rings. The second-order valence-electron chi connectivity index (χ2n) is 6.06. The summed E-state index contributed by atoms with van der Waals surface area (Å²) >= 11 is 0. The minimum Gasteiger partial charge on any atom is -0.500 e. The SMILES string of the molecule is CCCCn1c(=O)c(O)c(OCC=C(C)C)c2ccc(NC)cc21. The topological polar surface area (TPSA) is 63.5 Å². The quantitative estimate of drug-likeness (QED) is 0.756. The Hall–Kier alpha value is -2.43. The number of pyridine rings is 1. The van der Waals surface area contributed by atoms with E-state index in [0.717, 1.165) is 35.0 Å². The van der Waals surface area contributed by atoms with Crippen molar-refractivity contribution in [2.75, 3.05) is 19.0 Å². The molecule has 5 nitrogen and oxygen atoms in total. The number of rotatable bonds is 7. The van der Waals surface area contributed by atoms with E-state index >= 15 is 0 Å². The van der Waals surface area contributed by atoms with Crippen LogP contribution in [-0.4, -0.2) is 23.3 Å². The van der Waals surface area contributed by atoms with E-state index in [1.54, 1.807) is 4.57 Å². The molecule has 0 saturated carbocycles. The first-order valence-electron chi connectivity index (χ1n) is 8.33. The van der Waals surface area contributed by atoms with E-state index in [4.69, 9.17) is 4.74 Å². The van der Waals surface area contributed by atoms with Crippen molar-refractivity contribution in [3.63, 3.8) is 0 Å². The number of aryl methyl sites for hydroxylation is 1. The number of hydrogen-bond donors (Lipinski definition) is 2. The van der Waals surface area contributed by atoms with Crippen LogP contribution in [0.4, 0.5) is 5.69 Å². The molecule has 0 atom stereocenters. The zero-order chi connectivity index (χ0) is 17.7. The van der Waals surface area contributed by atoms with Crippen molar-refractivity contribution in [1.82, 2.24) is 4.57 Å². The predicted molar refractivity (Wildman–Crippen MR) is 99.3 cm³/mol. The number of benzene rings is 1. The third-order valence-electron chi connectivity index (χ3n) is 3.94. The molecule has 5 heteroatoms. The van der Waals surface area contributed by atoms with Crippen molar-refractivity contribution < 1.29 is 9.84 Å². The number of anilines is 1. The van der Waals surface area contributed by atoms with Crippen LogP contribution < -0.4 is 15.6 Å². The van der Waals surface area contributed by atoms with Crippen LogP contribution in [0.5, 0.6) is 11.5 Å². The second kappa shape index (κ2) is 7.90. The Morgan fingerprint density at radius 3 is 2.75 bits per heavy atom. The molecule has 130 valence electrons. The van der Waals surface area contributed by atoms with Crippen LogP contribution >= 0.6 is 0 Å². The van der Waals surface area contributed by atoms with Gasteiger partial charge in [0.05, 0.1) is 5.52 Å². The molecule has 1 heterocycles. The lowest BCUT2D eigenvalue weighted by Crippen LogP contribution is -2.21. The maximum atomic E-state index is 12.6. The average Bonchev–Trinajstić information content (AvgIpc) is 2.57. The van der Waals surface area contributed by atoms with Gasteiger partial charge in [0.1, 0.15) is 6.61 Å². The average molecular weight is 330 g/mol. The number of unbranched alkanes of at least 4 members (excludes halogenated alkanes) is 1. The van der Waals surface area contributed by atoms with E-state index in [1.807, 2.05) is 45.2 Å². The summed E-state index contributed by atoms with van der Waals surface area (Å²) in [4.78, 5) is 12.6. The predicted octanol–water partition coefficient (Wildman–Crippen LogP) is 3.89. The fourth-order valence-electron chi connectivity index (χ4n) is 2.54. The molecule has 0 aliphatic rings. The Kier molecular flexibility index (Phi) is 5.90. The maximum Gasteiger partial charge on any atom is 0.297 e. The van der Waals surface area contributed by atoms with Gasteiger partial charge in [-0.15, -0.1) is 0 Å². The first-order chi connectivity index (χ1) is 11.5. The number of aromatic nitrogens is 1. The summed E-state index contributed by atoms with van der Waals surface area (Å²) in [6.07, 6.45) is 3.76. The van der Waals surface area contributed by atoms with Crippen molar-refractivity contribution in [1.29, 1.82) is 0 Å². The van der Waals surface area contributed by atoms with Gasteiger partial charge in [-0.25, -0.2) is 0 Å². The molecule has 1 aromatic carbocycles. The van der Waals surface area contributed by atoms with Gasteiger partial charge in [-0.3, -0.25) is 4.79 Å². The standard InChI is InChI=1S/C19H26N2O3/c1-5-6-10-21-16-12-14(20-4)7-8-15(16)18(17(22)19(21)23)24-11-9-13(2)3/h7-9,12,20,22H,5-6,10-11H2,1-4H3. The summed E-state index contributed by atoms with van der Waals surface area (Å²) in [5.74, 6) is -0.0686. The number of nitrogens with zero attached hydrogens (tertiary/aromatic N) is 1. The van der Waals surface area contributed by atoms with Crippen LogP contribution in [0.15, 0.2) is 34.6 Å². The molecular formula is C19H26N2O3. The Labute approximate surface area is 142 Å². The van der Waals surface area contributed by atoms with Crippen LogP contribution in [0.2, 0.25) is 0 Å². The molecule has 0 spiro atoms. The first-order valence-corrected chi connectivity index (χ1v) is 8.33. The lowest BCUT2D eigenvalue weighted by atomic mass is 10.1. The summed E-state index contributed by atoms with van der Waals surface area (Å²) in [5.41, 5.74) is 2.39. The van der Waals surface area contributed by atoms with Crippen LogP contribution in [-0.2, 0) is 6.54 Å². The fourth-order valence-corrected chi connectivity index (χ4v) is 2.54. The van der Waals surface area contributed by atoms with Gasteiger partial charge in [-0.1, -0.05) is 18.9 Å². The highest BCUT2D eigenvalue weighted by Crippen LogP contribution is 2.33. The van der Waals surface area contributed by atoms with Gasteiger partial charge in [-0.05, 0) is 44.5 Å². The largest absolute Gasteiger partial charge is 0.500 e. The third kappa shape index (κ3) is 3.72. The van der Waals surface area contributed by atoms with Crippen molar-refractivity contribution in [3.8, 4) is 11.5 Å². The highest BCUT2D eigenvalue weighted by atomic mass is 16.5. The van der Waals surface area contributed by atoms with E-state index in [-0.39, 0.29) is 11.5 Å². The molecule has 0 aliphatic heterocycles. The molecule has 0 bridgehead atoms. The number of ether oxygens (including phenoxy) is 1. The number of aromatic hydroxyl groups is 1. The Bertz CT molecular complexity index is 802. The summed E-state index contributed by atoms with van der Waals surface area (Å²) in [6.45, 7) is 6.91. The van der Waals surface area contributed by atoms with Crippen molar-refractivity contribution in [2.24, 2.45) is 0 Å². The van der Waals surface area contributed by atoms with Gasteiger partial charge in [0.25, 0.3) is 5.56 Å². The highest BCUT2D eigenvalue weighted by Gasteiger charge is 2.17. The molecule has 0 unspecified atom stereocenters. The molecule has 2 aromatic rings. The van der Waals surface area contributed by atoms with Gasteiger partial charge in [0, 0.05) is 24.7 Å². The summed E-state index contributed by atoms with van der Waals surface area (Å²) in [5, 5.41) is 14.2. The lowest BCUT2D eigenvalue weighted by Gasteiger charge is -2.16. The van der Waals surface area contributed by atoms with Crippen molar-refractivity contribution in [3.05, 3.63) is 40.2 Å². The van der Waals surface area contributed by atoms with E-state index in [0.29, 0.717) is 13.2 Å². The number of allylic oxidation sites excluding steroid dienone is 1. The van der Waals surface area contributed by atoms with E-state index < -0.39 is 5.56 Å². The number of nitrogens with one attached hydrogen (secondary N) is 1. The molecule has 0 amide bonds. The lowest BCUT2D eigenvalue weighted by molar-refractivity contribution is 0.335. The molecule has 0 saturated heterocycles. The summed E-state index contributed by atoms with van der Waals surface area (Å²) < 4.78 is 7.34. The summed E-state index contributed by atoms with van der Waals surface area (Å²) in [6, 6.07) is 5.70. The molecule has 24 heavy (non-hydrogen) atoms. The normalized spacial score (nSPS) is 10.7.